The molecule has 4 heteroatoms. The summed E-state index contributed by atoms with van der Waals surface area (Å²) in [6.45, 7) is 2.72. The number of nitrogens with one attached hydrogen (secondary N) is 2. The van der Waals surface area contributed by atoms with E-state index in [-0.39, 0.29) is 5.91 Å². The van der Waals surface area contributed by atoms with Crippen molar-refractivity contribution in [3.8, 4) is 5.75 Å². The van der Waals surface area contributed by atoms with Crippen LogP contribution in [-0.2, 0) is 6.54 Å². The molecule has 21 heavy (non-hydrogen) atoms. The maximum Gasteiger partial charge on any atom is 0.251 e. The third kappa shape index (κ3) is 3.75. The van der Waals surface area contributed by atoms with Gasteiger partial charge in [0, 0.05) is 24.8 Å². The molecule has 0 fully saturated rings. The number of carbonyl (C=O) groups is 1. The molecule has 0 saturated heterocycles. The highest BCUT2D eigenvalue weighted by Gasteiger charge is 2.05. The van der Waals surface area contributed by atoms with E-state index in [1.54, 1.807) is 14.2 Å². The average molecular weight is 284 g/mol. The minimum absolute atomic E-state index is 0.0696. The summed E-state index contributed by atoms with van der Waals surface area (Å²) >= 11 is 0. The number of rotatable bonds is 5. The van der Waals surface area contributed by atoms with Crippen LogP contribution in [0.4, 0.5) is 5.69 Å². The second-order valence-electron chi connectivity index (χ2n) is 4.81. The molecule has 2 aromatic rings. The number of carbonyl (C=O) groups excluding carboxylic acids is 1. The smallest absolute Gasteiger partial charge is 0.251 e. The summed E-state index contributed by atoms with van der Waals surface area (Å²) in [6, 6.07) is 13.6. The molecule has 0 aliphatic carbocycles. The van der Waals surface area contributed by atoms with Crippen molar-refractivity contribution in [2.45, 2.75) is 13.5 Å². The number of methoxy groups -OCH3 is 1. The monoisotopic (exact) mass is 284 g/mol. The van der Waals surface area contributed by atoms with E-state index >= 15 is 0 Å². The van der Waals surface area contributed by atoms with E-state index in [1.165, 1.54) is 5.56 Å². The van der Waals surface area contributed by atoms with Crippen LogP contribution in [0.25, 0.3) is 0 Å². The molecule has 0 spiro atoms. The largest absolute Gasteiger partial charge is 0.497 e. The summed E-state index contributed by atoms with van der Waals surface area (Å²) < 4.78 is 5.14. The standard InChI is InChI=1S/C17H20N2O2/c1-12-10-14(17(20)18-2)6-9-16(12)19-11-13-4-7-15(21-3)8-5-13/h4-10,19H,11H2,1-3H3,(H,18,20). The third-order valence-corrected chi connectivity index (χ3v) is 3.36. The lowest BCUT2D eigenvalue weighted by atomic mass is 10.1. The van der Waals surface area contributed by atoms with E-state index in [4.69, 9.17) is 4.74 Å². The fourth-order valence-corrected chi connectivity index (χ4v) is 2.09. The Morgan fingerprint density at radius 3 is 2.43 bits per heavy atom. The predicted octanol–water partition coefficient (Wildman–Crippen LogP) is 2.98. The minimum Gasteiger partial charge on any atom is -0.497 e. The third-order valence-electron chi connectivity index (χ3n) is 3.36. The molecular formula is C17H20N2O2. The van der Waals surface area contributed by atoms with E-state index in [2.05, 4.69) is 10.6 Å². The van der Waals surface area contributed by atoms with Crippen molar-refractivity contribution < 1.29 is 9.53 Å². The van der Waals surface area contributed by atoms with Gasteiger partial charge in [-0.05, 0) is 48.4 Å². The van der Waals surface area contributed by atoms with Crippen molar-refractivity contribution in [3.63, 3.8) is 0 Å². The Morgan fingerprint density at radius 1 is 1.14 bits per heavy atom. The Balaban J connectivity index is 2.04. The maximum absolute atomic E-state index is 11.6. The summed E-state index contributed by atoms with van der Waals surface area (Å²) in [5.41, 5.74) is 3.92. The Labute approximate surface area is 125 Å². The Bertz CT molecular complexity index is 621. The molecule has 0 saturated carbocycles. The highest BCUT2D eigenvalue weighted by Crippen LogP contribution is 2.18. The molecular weight excluding hydrogens is 264 g/mol. The second-order valence-corrected chi connectivity index (χ2v) is 4.81. The van der Waals surface area contributed by atoms with E-state index in [9.17, 15) is 4.79 Å². The molecule has 0 bridgehead atoms. The maximum atomic E-state index is 11.6. The first-order valence-electron chi connectivity index (χ1n) is 6.83. The van der Waals surface area contributed by atoms with Gasteiger partial charge in [0.15, 0.2) is 0 Å². The van der Waals surface area contributed by atoms with Crippen LogP contribution in [0.1, 0.15) is 21.5 Å². The van der Waals surface area contributed by atoms with E-state index in [0.29, 0.717) is 5.56 Å². The Morgan fingerprint density at radius 2 is 1.86 bits per heavy atom. The SMILES string of the molecule is CNC(=O)c1ccc(NCc2ccc(OC)cc2)c(C)c1. The van der Waals surface area contributed by atoms with Gasteiger partial charge in [0.2, 0.25) is 0 Å². The van der Waals surface area contributed by atoms with Gasteiger partial charge in [-0.3, -0.25) is 4.79 Å². The lowest BCUT2D eigenvalue weighted by Crippen LogP contribution is -2.17. The van der Waals surface area contributed by atoms with Crippen molar-refractivity contribution in [3.05, 3.63) is 59.2 Å². The molecule has 4 nitrogen and oxygen atoms in total. The molecule has 0 aromatic heterocycles. The van der Waals surface area contributed by atoms with E-state index < -0.39 is 0 Å². The normalized spacial score (nSPS) is 10.0. The zero-order valence-corrected chi connectivity index (χ0v) is 12.6. The summed E-state index contributed by atoms with van der Waals surface area (Å²) in [7, 11) is 3.29. The molecule has 0 heterocycles. The molecule has 2 rings (SSSR count). The molecule has 0 radical (unpaired) electrons. The highest BCUT2D eigenvalue weighted by atomic mass is 16.5. The molecule has 0 unspecified atom stereocenters. The number of anilines is 1. The van der Waals surface area contributed by atoms with Gasteiger partial charge in [0.1, 0.15) is 5.75 Å². The first kappa shape index (κ1) is 14.9. The second kappa shape index (κ2) is 6.79. The number of aryl methyl sites for hydroxylation is 1. The number of amides is 1. The lowest BCUT2D eigenvalue weighted by Gasteiger charge is -2.11. The van der Waals surface area contributed by atoms with Gasteiger partial charge >= 0.3 is 0 Å². The summed E-state index contributed by atoms with van der Waals surface area (Å²) in [6.07, 6.45) is 0. The van der Waals surface area contributed by atoms with Gasteiger partial charge in [0.05, 0.1) is 7.11 Å². The summed E-state index contributed by atoms with van der Waals surface area (Å²) in [5.74, 6) is 0.782. The van der Waals surface area contributed by atoms with Crippen molar-refractivity contribution in [2.24, 2.45) is 0 Å². The van der Waals surface area contributed by atoms with Gasteiger partial charge in [0.25, 0.3) is 5.91 Å². The average Bonchev–Trinajstić information content (AvgIpc) is 2.53. The quantitative estimate of drug-likeness (QED) is 0.887. The predicted molar refractivity (Wildman–Crippen MR) is 84.9 cm³/mol. The molecule has 0 aliphatic heterocycles. The van der Waals surface area contributed by atoms with Crippen molar-refractivity contribution in [2.75, 3.05) is 19.5 Å². The van der Waals surface area contributed by atoms with Gasteiger partial charge in [-0.1, -0.05) is 12.1 Å². The van der Waals surface area contributed by atoms with Crippen molar-refractivity contribution >= 4 is 11.6 Å². The van der Waals surface area contributed by atoms with Crippen LogP contribution in [0.2, 0.25) is 0 Å². The van der Waals surface area contributed by atoms with E-state index in [0.717, 1.165) is 23.5 Å². The first-order valence-corrected chi connectivity index (χ1v) is 6.83. The molecule has 2 N–H and O–H groups in total. The van der Waals surface area contributed by atoms with E-state index in [1.807, 2.05) is 49.4 Å². The Kier molecular flexibility index (Phi) is 4.82. The van der Waals surface area contributed by atoms with Gasteiger partial charge in [-0.25, -0.2) is 0 Å². The first-order chi connectivity index (χ1) is 10.1. The van der Waals surface area contributed by atoms with Crippen molar-refractivity contribution in [1.29, 1.82) is 0 Å². The van der Waals surface area contributed by atoms with Crippen LogP contribution >= 0.6 is 0 Å². The minimum atomic E-state index is -0.0696. The van der Waals surface area contributed by atoms with Gasteiger partial charge in [-0.2, -0.15) is 0 Å². The lowest BCUT2D eigenvalue weighted by molar-refractivity contribution is 0.0963. The molecule has 0 atom stereocenters. The fourth-order valence-electron chi connectivity index (χ4n) is 2.09. The van der Waals surface area contributed by atoms with Crippen LogP contribution in [0.3, 0.4) is 0 Å². The topological polar surface area (TPSA) is 50.4 Å². The molecule has 110 valence electrons. The van der Waals surface area contributed by atoms with Crippen LogP contribution < -0.4 is 15.4 Å². The number of hydrogen-bond donors (Lipinski definition) is 2. The van der Waals surface area contributed by atoms with Crippen LogP contribution in [-0.4, -0.2) is 20.1 Å². The molecule has 0 aliphatic rings. The van der Waals surface area contributed by atoms with Crippen molar-refractivity contribution in [1.82, 2.24) is 5.32 Å². The zero-order chi connectivity index (χ0) is 15.2. The Hall–Kier alpha value is -2.49. The molecule has 1 amide bonds. The number of hydrogen-bond acceptors (Lipinski definition) is 3. The highest BCUT2D eigenvalue weighted by molar-refractivity contribution is 5.94. The van der Waals surface area contributed by atoms with Gasteiger partial charge in [-0.15, -0.1) is 0 Å². The fraction of sp³-hybridized carbons (Fsp3) is 0.235. The zero-order valence-electron chi connectivity index (χ0n) is 12.6. The number of ether oxygens (including phenoxy) is 1. The number of benzene rings is 2. The van der Waals surface area contributed by atoms with Gasteiger partial charge < -0.3 is 15.4 Å². The summed E-state index contributed by atoms with van der Waals surface area (Å²) in [4.78, 5) is 11.6. The molecule has 2 aromatic carbocycles. The van der Waals surface area contributed by atoms with Crippen LogP contribution in [0, 0.1) is 6.92 Å². The van der Waals surface area contributed by atoms with Crippen LogP contribution in [0.5, 0.6) is 5.75 Å². The summed E-state index contributed by atoms with van der Waals surface area (Å²) in [5, 5.41) is 6.00. The van der Waals surface area contributed by atoms with Crippen LogP contribution in [0.15, 0.2) is 42.5 Å².